The van der Waals surface area contributed by atoms with E-state index in [0.717, 1.165) is 16.7 Å². The first-order valence-electron chi connectivity index (χ1n) is 8.71. The average molecular weight is 415 g/mol. The number of nitrogens with one attached hydrogen (secondary N) is 1. The molecule has 0 saturated carbocycles. The molecule has 0 saturated heterocycles. The van der Waals surface area contributed by atoms with Crippen molar-refractivity contribution in [2.45, 2.75) is 12.7 Å². The van der Waals surface area contributed by atoms with E-state index in [0.29, 0.717) is 5.69 Å². The molecule has 3 N–H and O–H groups in total. The Morgan fingerprint density at radius 2 is 1.63 bits per heavy atom. The minimum absolute atomic E-state index is 0.128. The number of rotatable bonds is 5. The molecule has 1 heterocycles. The summed E-state index contributed by atoms with van der Waals surface area (Å²) in [6, 6.07) is 13.0. The number of hydrogen-bond acceptors (Lipinski definition) is 3. The molecule has 0 aliphatic carbocycles. The van der Waals surface area contributed by atoms with Gasteiger partial charge < -0.3 is 15.6 Å². The third-order valence-corrected chi connectivity index (χ3v) is 4.28. The van der Waals surface area contributed by atoms with Gasteiger partial charge in [-0.3, -0.25) is 14.4 Å². The normalized spacial score (nSPS) is 11.2. The molecule has 0 fully saturated rings. The Balaban J connectivity index is 1.80. The number of benzene rings is 2. The van der Waals surface area contributed by atoms with Gasteiger partial charge in [-0.25, -0.2) is 0 Å². The number of hydrogen-bond donors (Lipinski definition) is 2. The number of carbonyl (C=O) groups excluding carboxylic acids is 2. The Kier molecular flexibility index (Phi) is 5.72. The quantitative estimate of drug-likeness (QED) is 0.670. The van der Waals surface area contributed by atoms with E-state index in [1.165, 1.54) is 54.7 Å². The number of halogens is 3. The standard InChI is InChI=1S/C21H16F3N3O3/c22-21(23,24)16-3-1-2-13(10-16)11-27-12-15(6-9-18(27)28)20(30)26-17-7-4-14(5-8-17)19(25)29/h1-10,12H,11H2,(H2,25,29)(H,26,30). The van der Waals surface area contributed by atoms with Gasteiger partial charge in [0.1, 0.15) is 0 Å². The summed E-state index contributed by atoms with van der Waals surface area (Å²) in [6.45, 7) is -0.128. The predicted molar refractivity (Wildman–Crippen MR) is 104 cm³/mol. The van der Waals surface area contributed by atoms with Crippen molar-refractivity contribution in [2.24, 2.45) is 5.73 Å². The number of pyridine rings is 1. The summed E-state index contributed by atoms with van der Waals surface area (Å²) in [7, 11) is 0. The average Bonchev–Trinajstić information content (AvgIpc) is 2.69. The van der Waals surface area contributed by atoms with Gasteiger partial charge in [0, 0.05) is 23.5 Å². The van der Waals surface area contributed by atoms with Gasteiger partial charge in [-0.05, 0) is 48.0 Å². The van der Waals surface area contributed by atoms with Crippen molar-refractivity contribution in [1.82, 2.24) is 4.57 Å². The minimum Gasteiger partial charge on any atom is -0.366 e. The fourth-order valence-corrected chi connectivity index (χ4v) is 2.75. The Labute approximate surface area is 168 Å². The van der Waals surface area contributed by atoms with E-state index < -0.39 is 29.1 Å². The molecule has 0 spiro atoms. The van der Waals surface area contributed by atoms with Crippen molar-refractivity contribution in [3.8, 4) is 0 Å². The SMILES string of the molecule is NC(=O)c1ccc(NC(=O)c2ccc(=O)n(Cc3cccc(C(F)(F)F)c3)c2)cc1. The van der Waals surface area contributed by atoms with E-state index in [4.69, 9.17) is 5.73 Å². The number of carbonyl (C=O) groups is 2. The first-order valence-corrected chi connectivity index (χ1v) is 8.71. The van der Waals surface area contributed by atoms with Crippen LogP contribution >= 0.6 is 0 Å². The first kappa shape index (κ1) is 20.8. The first-order chi connectivity index (χ1) is 14.1. The van der Waals surface area contributed by atoms with E-state index >= 15 is 0 Å². The Hall–Kier alpha value is -3.88. The van der Waals surface area contributed by atoms with E-state index in [-0.39, 0.29) is 23.2 Å². The van der Waals surface area contributed by atoms with Crippen LogP contribution in [-0.4, -0.2) is 16.4 Å². The van der Waals surface area contributed by atoms with Crippen LogP contribution in [0.5, 0.6) is 0 Å². The van der Waals surface area contributed by atoms with Crippen LogP contribution in [0.25, 0.3) is 0 Å². The van der Waals surface area contributed by atoms with Gasteiger partial charge in [-0.15, -0.1) is 0 Å². The maximum atomic E-state index is 12.9. The monoisotopic (exact) mass is 415 g/mol. The number of anilines is 1. The second-order valence-corrected chi connectivity index (χ2v) is 6.48. The summed E-state index contributed by atoms with van der Waals surface area (Å²) in [6.07, 6.45) is -3.22. The lowest BCUT2D eigenvalue weighted by molar-refractivity contribution is -0.137. The summed E-state index contributed by atoms with van der Waals surface area (Å²) < 4.78 is 39.8. The smallest absolute Gasteiger partial charge is 0.366 e. The number of amides is 2. The van der Waals surface area contributed by atoms with Crippen molar-refractivity contribution < 1.29 is 22.8 Å². The van der Waals surface area contributed by atoms with Crippen molar-refractivity contribution in [3.63, 3.8) is 0 Å². The largest absolute Gasteiger partial charge is 0.416 e. The number of aromatic nitrogens is 1. The zero-order chi connectivity index (χ0) is 21.9. The minimum atomic E-state index is -4.49. The lowest BCUT2D eigenvalue weighted by atomic mass is 10.1. The van der Waals surface area contributed by atoms with Crippen LogP contribution in [0, 0.1) is 0 Å². The van der Waals surface area contributed by atoms with Crippen LogP contribution in [0.3, 0.4) is 0 Å². The second kappa shape index (κ2) is 8.24. The lowest BCUT2D eigenvalue weighted by Crippen LogP contribution is -2.22. The third kappa shape index (κ3) is 4.93. The molecule has 2 amide bonds. The van der Waals surface area contributed by atoms with E-state index in [2.05, 4.69) is 5.32 Å². The van der Waals surface area contributed by atoms with E-state index in [1.807, 2.05) is 0 Å². The fraction of sp³-hybridized carbons (Fsp3) is 0.0952. The molecule has 154 valence electrons. The summed E-state index contributed by atoms with van der Waals surface area (Å²) in [5.41, 5.74) is 4.97. The maximum Gasteiger partial charge on any atom is 0.416 e. The molecule has 1 aromatic heterocycles. The van der Waals surface area contributed by atoms with Gasteiger partial charge in [0.2, 0.25) is 5.91 Å². The van der Waals surface area contributed by atoms with Crippen molar-refractivity contribution in [3.05, 3.63) is 99.5 Å². The molecule has 0 aliphatic rings. The highest BCUT2D eigenvalue weighted by Gasteiger charge is 2.30. The molecule has 3 rings (SSSR count). The number of nitrogens with zero attached hydrogens (tertiary/aromatic N) is 1. The van der Waals surface area contributed by atoms with Crippen molar-refractivity contribution in [1.29, 1.82) is 0 Å². The number of alkyl halides is 3. The Morgan fingerprint density at radius 1 is 0.967 bits per heavy atom. The van der Waals surface area contributed by atoms with Crippen molar-refractivity contribution >= 4 is 17.5 Å². The molecule has 30 heavy (non-hydrogen) atoms. The summed E-state index contributed by atoms with van der Waals surface area (Å²) in [4.78, 5) is 35.7. The Morgan fingerprint density at radius 3 is 2.27 bits per heavy atom. The molecule has 3 aromatic rings. The second-order valence-electron chi connectivity index (χ2n) is 6.48. The van der Waals surface area contributed by atoms with Crippen LogP contribution in [0.1, 0.15) is 31.8 Å². The number of nitrogens with two attached hydrogens (primary N) is 1. The molecule has 0 atom stereocenters. The van der Waals surface area contributed by atoms with Gasteiger partial charge >= 0.3 is 6.18 Å². The molecule has 2 aromatic carbocycles. The van der Waals surface area contributed by atoms with Gasteiger partial charge in [0.25, 0.3) is 11.5 Å². The summed E-state index contributed by atoms with van der Waals surface area (Å²) >= 11 is 0. The van der Waals surface area contributed by atoms with Crippen molar-refractivity contribution in [2.75, 3.05) is 5.32 Å². The topological polar surface area (TPSA) is 94.2 Å². The Bertz CT molecular complexity index is 1150. The molecule has 0 unspecified atom stereocenters. The molecule has 0 radical (unpaired) electrons. The predicted octanol–water partition coefficient (Wildman–Crippen LogP) is 3.27. The van der Waals surface area contributed by atoms with E-state index in [9.17, 15) is 27.6 Å². The summed E-state index contributed by atoms with van der Waals surface area (Å²) in [5, 5.41) is 2.61. The zero-order valence-electron chi connectivity index (χ0n) is 15.4. The zero-order valence-corrected chi connectivity index (χ0v) is 15.4. The highest BCUT2D eigenvalue weighted by atomic mass is 19.4. The molecular formula is C21H16F3N3O3. The molecule has 9 heteroatoms. The van der Waals surface area contributed by atoms with Crippen LogP contribution < -0.4 is 16.6 Å². The molecule has 0 bridgehead atoms. The van der Waals surface area contributed by atoms with Gasteiger partial charge in [0.15, 0.2) is 0 Å². The molecule has 6 nitrogen and oxygen atoms in total. The van der Waals surface area contributed by atoms with Gasteiger partial charge in [0.05, 0.1) is 17.7 Å². The maximum absolute atomic E-state index is 12.9. The highest BCUT2D eigenvalue weighted by Crippen LogP contribution is 2.29. The molecular weight excluding hydrogens is 399 g/mol. The fourth-order valence-electron chi connectivity index (χ4n) is 2.75. The van der Waals surface area contributed by atoms with Crippen LogP contribution in [0.2, 0.25) is 0 Å². The van der Waals surface area contributed by atoms with Crippen LogP contribution in [-0.2, 0) is 12.7 Å². The summed E-state index contributed by atoms with van der Waals surface area (Å²) in [5.74, 6) is -1.13. The van der Waals surface area contributed by atoms with Crippen LogP contribution in [0.4, 0.5) is 18.9 Å². The van der Waals surface area contributed by atoms with Gasteiger partial charge in [-0.1, -0.05) is 12.1 Å². The highest BCUT2D eigenvalue weighted by molar-refractivity contribution is 6.04. The number of primary amides is 1. The molecule has 0 aliphatic heterocycles. The van der Waals surface area contributed by atoms with Crippen LogP contribution in [0.15, 0.2) is 71.7 Å². The lowest BCUT2D eigenvalue weighted by Gasteiger charge is -2.11. The van der Waals surface area contributed by atoms with E-state index in [1.54, 1.807) is 0 Å². The van der Waals surface area contributed by atoms with Gasteiger partial charge in [-0.2, -0.15) is 13.2 Å². The third-order valence-electron chi connectivity index (χ3n) is 4.28.